The second-order valence-electron chi connectivity index (χ2n) is 6.59. The molecule has 0 radical (unpaired) electrons. The van der Waals surface area contributed by atoms with Gasteiger partial charge in [-0.15, -0.1) is 0 Å². The first-order valence-electron chi connectivity index (χ1n) is 9.35. The smallest absolute Gasteiger partial charge is 0.260 e. The summed E-state index contributed by atoms with van der Waals surface area (Å²) in [6.07, 6.45) is 1.21. The Bertz CT molecular complexity index is 978. The van der Waals surface area contributed by atoms with Crippen molar-refractivity contribution in [2.45, 2.75) is 25.9 Å². The molecule has 1 atom stereocenters. The topological polar surface area (TPSA) is 71.5 Å². The number of fused-ring (bicyclic) bond motifs is 1. The third kappa shape index (κ3) is 3.76. The Morgan fingerprint density at radius 1 is 1.25 bits per heavy atom. The second-order valence-corrected chi connectivity index (χ2v) is 7.59. The molecule has 2 aromatic carbocycles. The molecule has 7 heteroatoms. The summed E-state index contributed by atoms with van der Waals surface area (Å²) in [6.45, 7) is 3.04. The van der Waals surface area contributed by atoms with Crippen LogP contribution in [0.5, 0.6) is 0 Å². The zero-order valence-corrected chi connectivity index (χ0v) is 16.4. The Balaban J connectivity index is 1.55. The van der Waals surface area contributed by atoms with Gasteiger partial charge in [0.2, 0.25) is 0 Å². The summed E-state index contributed by atoms with van der Waals surface area (Å²) in [5.41, 5.74) is 1.98. The molecule has 3 aromatic rings. The van der Waals surface area contributed by atoms with E-state index in [2.05, 4.69) is 10.3 Å². The normalized spacial score (nSPS) is 16.2. The monoisotopic (exact) mass is 395 g/mol. The first kappa shape index (κ1) is 18.6. The highest BCUT2D eigenvalue weighted by Crippen LogP contribution is 2.29. The van der Waals surface area contributed by atoms with Gasteiger partial charge in [0.05, 0.1) is 10.2 Å². The van der Waals surface area contributed by atoms with Crippen LogP contribution in [0.1, 0.15) is 30.1 Å². The maximum absolute atomic E-state index is 13.1. The molecule has 2 heterocycles. The molecule has 1 fully saturated rings. The molecule has 1 saturated heterocycles. The summed E-state index contributed by atoms with van der Waals surface area (Å²) >= 11 is 1.49. The van der Waals surface area contributed by atoms with E-state index < -0.39 is 6.10 Å². The van der Waals surface area contributed by atoms with Crippen molar-refractivity contribution in [1.82, 2.24) is 4.98 Å². The molecule has 1 aliphatic heterocycles. The van der Waals surface area contributed by atoms with E-state index >= 15 is 0 Å². The summed E-state index contributed by atoms with van der Waals surface area (Å²) in [5, 5.41) is 3.52. The van der Waals surface area contributed by atoms with Crippen LogP contribution in [0.15, 0.2) is 48.5 Å². The van der Waals surface area contributed by atoms with Crippen LogP contribution in [0.3, 0.4) is 0 Å². The minimum Gasteiger partial charge on any atom is -0.368 e. The van der Waals surface area contributed by atoms with Crippen molar-refractivity contribution in [3.8, 4) is 0 Å². The molecule has 1 aliphatic rings. The van der Waals surface area contributed by atoms with Gasteiger partial charge in [-0.25, -0.2) is 4.98 Å². The largest absolute Gasteiger partial charge is 0.368 e. The number of thiazole rings is 1. The summed E-state index contributed by atoms with van der Waals surface area (Å²) in [6, 6.07) is 14.8. The van der Waals surface area contributed by atoms with Crippen molar-refractivity contribution in [3.05, 3.63) is 54.1 Å². The lowest BCUT2D eigenvalue weighted by atomic mass is 10.1. The van der Waals surface area contributed by atoms with E-state index in [-0.39, 0.29) is 11.8 Å². The third-order valence-electron chi connectivity index (χ3n) is 4.67. The predicted octanol–water partition coefficient (Wildman–Crippen LogP) is 4.08. The van der Waals surface area contributed by atoms with Crippen LogP contribution in [0, 0.1) is 0 Å². The standard InChI is InChI=1S/C21H21N3O3S/c1-2-24(21-23-16-9-3-4-11-18(16)28-21)20(26)14-7-5-8-15(13-14)22-19(25)17-10-6-12-27-17/h3-5,7-9,11,13,17H,2,6,10,12H2,1H3,(H,22,25)/t17-/m0/s1. The number of aromatic nitrogens is 1. The SMILES string of the molecule is CCN(C(=O)c1cccc(NC(=O)[C@@H]2CCCO2)c1)c1nc2ccccc2s1. The van der Waals surface area contributed by atoms with Crippen molar-refractivity contribution in [2.24, 2.45) is 0 Å². The summed E-state index contributed by atoms with van der Waals surface area (Å²) in [4.78, 5) is 31.6. The molecule has 0 spiro atoms. The van der Waals surface area contributed by atoms with Crippen LogP contribution < -0.4 is 10.2 Å². The van der Waals surface area contributed by atoms with Crippen LogP contribution in [0.2, 0.25) is 0 Å². The lowest BCUT2D eigenvalue weighted by Crippen LogP contribution is -2.31. The van der Waals surface area contributed by atoms with Crippen molar-refractivity contribution in [2.75, 3.05) is 23.4 Å². The molecule has 0 unspecified atom stereocenters. The highest BCUT2D eigenvalue weighted by molar-refractivity contribution is 7.22. The lowest BCUT2D eigenvalue weighted by molar-refractivity contribution is -0.124. The Morgan fingerprint density at radius 2 is 2.11 bits per heavy atom. The minimum absolute atomic E-state index is 0.144. The van der Waals surface area contributed by atoms with Crippen molar-refractivity contribution < 1.29 is 14.3 Å². The molecule has 1 aromatic heterocycles. The summed E-state index contributed by atoms with van der Waals surface area (Å²) in [7, 11) is 0. The molecular weight excluding hydrogens is 374 g/mol. The molecule has 0 bridgehead atoms. The molecule has 0 saturated carbocycles. The highest BCUT2D eigenvalue weighted by Gasteiger charge is 2.24. The fraction of sp³-hybridized carbons (Fsp3) is 0.286. The van der Waals surface area contributed by atoms with Gasteiger partial charge in [0.15, 0.2) is 5.13 Å². The van der Waals surface area contributed by atoms with Gasteiger partial charge in [-0.05, 0) is 50.1 Å². The number of nitrogens with one attached hydrogen (secondary N) is 1. The zero-order chi connectivity index (χ0) is 19.5. The quantitative estimate of drug-likeness (QED) is 0.707. The van der Waals surface area contributed by atoms with Crippen LogP contribution in [-0.2, 0) is 9.53 Å². The Hall–Kier alpha value is -2.77. The van der Waals surface area contributed by atoms with Crippen LogP contribution >= 0.6 is 11.3 Å². The number of hydrogen-bond donors (Lipinski definition) is 1. The van der Waals surface area contributed by atoms with Gasteiger partial charge in [-0.2, -0.15) is 0 Å². The first-order chi connectivity index (χ1) is 13.7. The fourth-order valence-corrected chi connectivity index (χ4v) is 4.26. The van der Waals surface area contributed by atoms with E-state index in [0.29, 0.717) is 29.5 Å². The molecule has 28 heavy (non-hydrogen) atoms. The number of carbonyl (C=O) groups is 2. The van der Waals surface area contributed by atoms with Crippen molar-refractivity contribution in [3.63, 3.8) is 0 Å². The Labute approximate surface area is 167 Å². The van der Waals surface area contributed by atoms with Crippen LogP contribution in [-0.4, -0.2) is 36.1 Å². The van der Waals surface area contributed by atoms with E-state index in [1.807, 2.05) is 31.2 Å². The Morgan fingerprint density at radius 3 is 2.86 bits per heavy atom. The molecule has 6 nitrogen and oxygen atoms in total. The van der Waals surface area contributed by atoms with Gasteiger partial charge in [0.25, 0.3) is 11.8 Å². The number of carbonyl (C=O) groups excluding carboxylic acids is 2. The molecule has 2 amide bonds. The fourth-order valence-electron chi connectivity index (χ4n) is 3.23. The van der Waals surface area contributed by atoms with Crippen LogP contribution in [0.25, 0.3) is 10.2 Å². The zero-order valence-electron chi connectivity index (χ0n) is 15.6. The van der Waals surface area contributed by atoms with Gasteiger partial charge in [0.1, 0.15) is 6.10 Å². The number of amides is 2. The Kier molecular flexibility index (Phi) is 5.36. The maximum Gasteiger partial charge on any atom is 0.260 e. The molecule has 144 valence electrons. The van der Waals surface area contributed by atoms with E-state index in [1.165, 1.54) is 11.3 Å². The molecular formula is C21H21N3O3S. The number of anilines is 2. The number of ether oxygens (including phenoxy) is 1. The molecule has 1 N–H and O–H groups in total. The second kappa shape index (κ2) is 8.08. The van der Waals surface area contributed by atoms with Gasteiger partial charge >= 0.3 is 0 Å². The third-order valence-corrected chi connectivity index (χ3v) is 5.73. The highest BCUT2D eigenvalue weighted by atomic mass is 32.1. The number of nitrogens with zero attached hydrogens (tertiary/aromatic N) is 2. The minimum atomic E-state index is -0.408. The van der Waals surface area contributed by atoms with E-state index in [0.717, 1.165) is 23.1 Å². The van der Waals surface area contributed by atoms with Crippen molar-refractivity contribution in [1.29, 1.82) is 0 Å². The molecule has 0 aliphatic carbocycles. The predicted molar refractivity (Wildman–Crippen MR) is 111 cm³/mol. The number of benzene rings is 2. The van der Waals surface area contributed by atoms with E-state index in [4.69, 9.17) is 4.74 Å². The van der Waals surface area contributed by atoms with Gasteiger partial charge in [0, 0.05) is 24.4 Å². The summed E-state index contributed by atoms with van der Waals surface area (Å²) < 4.78 is 6.46. The van der Waals surface area contributed by atoms with Crippen molar-refractivity contribution >= 4 is 44.2 Å². The lowest BCUT2D eigenvalue weighted by Gasteiger charge is -2.18. The number of rotatable bonds is 5. The van der Waals surface area contributed by atoms with Crippen LogP contribution in [0.4, 0.5) is 10.8 Å². The van der Waals surface area contributed by atoms with Gasteiger partial charge in [-0.3, -0.25) is 14.5 Å². The summed E-state index contributed by atoms with van der Waals surface area (Å²) in [5.74, 6) is -0.310. The van der Waals surface area contributed by atoms with Gasteiger partial charge in [-0.1, -0.05) is 29.5 Å². The maximum atomic E-state index is 13.1. The number of hydrogen-bond acceptors (Lipinski definition) is 5. The van der Waals surface area contributed by atoms with E-state index in [9.17, 15) is 9.59 Å². The molecule has 4 rings (SSSR count). The van der Waals surface area contributed by atoms with Gasteiger partial charge < -0.3 is 10.1 Å². The number of para-hydroxylation sites is 1. The van der Waals surface area contributed by atoms with E-state index in [1.54, 1.807) is 29.2 Å². The average Bonchev–Trinajstić information content (AvgIpc) is 3.38. The average molecular weight is 395 g/mol. The first-order valence-corrected chi connectivity index (χ1v) is 10.2.